The van der Waals surface area contributed by atoms with E-state index in [9.17, 15) is 21.6 Å². The van der Waals surface area contributed by atoms with Gasteiger partial charge in [0.15, 0.2) is 11.5 Å². The van der Waals surface area contributed by atoms with E-state index in [-0.39, 0.29) is 23.9 Å². The van der Waals surface area contributed by atoms with Crippen LogP contribution >= 0.6 is 0 Å². The van der Waals surface area contributed by atoms with Crippen molar-refractivity contribution >= 4 is 31.6 Å². The highest BCUT2D eigenvalue weighted by atomic mass is 32.2. The predicted molar refractivity (Wildman–Crippen MR) is 114 cm³/mol. The number of carbonyl (C=O) groups is 1. The van der Waals surface area contributed by atoms with Gasteiger partial charge in [0.25, 0.3) is 0 Å². The van der Waals surface area contributed by atoms with Crippen molar-refractivity contribution in [3.63, 3.8) is 0 Å². The molecule has 0 fully saturated rings. The van der Waals surface area contributed by atoms with Crippen LogP contribution in [0.1, 0.15) is 5.56 Å². The number of anilines is 1. The van der Waals surface area contributed by atoms with Crippen molar-refractivity contribution in [2.45, 2.75) is 11.4 Å². The molecule has 31 heavy (non-hydrogen) atoms. The van der Waals surface area contributed by atoms with Crippen LogP contribution in [-0.4, -0.2) is 60.7 Å². The number of benzene rings is 2. The van der Waals surface area contributed by atoms with Gasteiger partial charge in [-0.15, -0.1) is 0 Å². The molecule has 0 unspecified atom stereocenters. The molecule has 1 amide bonds. The number of fused-ring (bicyclic) bond motifs is 1. The molecule has 1 aliphatic rings. The zero-order chi connectivity index (χ0) is 22.8. The van der Waals surface area contributed by atoms with Crippen LogP contribution in [0.4, 0.5) is 5.69 Å². The first kappa shape index (κ1) is 22.8. The zero-order valence-electron chi connectivity index (χ0n) is 17.2. The summed E-state index contributed by atoms with van der Waals surface area (Å²) in [6, 6.07) is 10.5. The minimum absolute atomic E-state index is 0.0157. The number of ether oxygens (including phenoxy) is 2. The van der Waals surface area contributed by atoms with E-state index in [1.807, 2.05) is 0 Å². The van der Waals surface area contributed by atoms with Crippen LogP contribution in [0.2, 0.25) is 0 Å². The molecule has 2 aromatic carbocycles. The lowest BCUT2D eigenvalue weighted by Gasteiger charge is -2.22. The van der Waals surface area contributed by atoms with E-state index in [1.54, 1.807) is 18.2 Å². The summed E-state index contributed by atoms with van der Waals surface area (Å²) >= 11 is 0. The Morgan fingerprint density at radius 1 is 1.00 bits per heavy atom. The van der Waals surface area contributed by atoms with Gasteiger partial charge in [0, 0.05) is 20.6 Å². The van der Waals surface area contributed by atoms with Crippen molar-refractivity contribution in [1.29, 1.82) is 0 Å². The maximum atomic E-state index is 12.4. The van der Waals surface area contributed by atoms with Crippen LogP contribution in [0.15, 0.2) is 47.4 Å². The van der Waals surface area contributed by atoms with Crippen LogP contribution in [-0.2, 0) is 31.4 Å². The van der Waals surface area contributed by atoms with Crippen molar-refractivity contribution < 1.29 is 31.1 Å². The predicted octanol–water partition coefficient (Wildman–Crippen LogP) is 0.748. The molecular weight excluding hydrogens is 446 g/mol. The number of nitrogens with zero attached hydrogens (tertiary/aromatic N) is 2. The van der Waals surface area contributed by atoms with E-state index in [4.69, 9.17) is 9.47 Å². The average Bonchev–Trinajstić information content (AvgIpc) is 3.17. The fourth-order valence-electron chi connectivity index (χ4n) is 2.83. The third-order valence-corrected chi connectivity index (χ3v) is 7.49. The molecule has 0 bridgehead atoms. The van der Waals surface area contributed by atoms with E-state index in [1.165, 1.54) is 38.4 Å². The first-order valence-corrected chi connectivity index (χ1v) is 12.4. The van der Waals surface area contributed by atoms with Gasteiger partial charge in [-0.3, -0.25) is 9.10 Å². The highest BCUT2D eigenvalue weighted by Crippen LogP contribution is 2.32. The largest absolute Gasteiger partial charge is 0.454 e. The van der Waals surface area contributed by atoms with Gasteiger partial charge in [-0.2, -0.15) is 0 Å². The molecule has 2 aromatic rings. The van der Waals surface area contributed by atoms with Gasteiger partial charge >= 0.3 is 0 Å². The lowest BCUT2D eigenvalue weighted by molar-refractivity contribution is -0.119. The van der Waals surface area contributed by atoms with E-state index < -0.39 is 32.5 Å². The molecule has 0 aromatic heterocycles. The van der Waals surface area contributed by atoms with Gasteiger partial charge in [0.2, 0.25) is 32.7 Å². The zero-order valence-corrected chi connectivity index (χ0v) is 18.9. The monoisotopic (exact) mass is 469 g/mol. The molecule has 0 aliphatic carbocycles. The third-order valence-electron chi connectivity index (χ3n) is 4.52. The van der Waals surface area contributed by atoms with Gasteiger partial charge in [0.05, 0.1) is 16.8 Å². The quantitative estimate of drug-likeness (QED) is 0.605. The van der Waals surface area contributed by atoms with Gasteiger partial charge in [-0.1, -0.05) is 6.07 Å². The smallest absolute Gasteiger partial charge is 0.242 e. The lowest BCUT2D eigenvalue weighted by atomic mass is 10.2. The summed E-state index contributed by atoms with van der Waals surface area (Å²) in [4.78, 5) is 12.4. The van der Waals surface area contributed by atoms with Crippen LogP contribution in [0.25, 0.3) is 0 Å². The van der Waals surface area contributed by atoms with Gasteiger partial charge < -0.3 is 14.8 Å². The Morgan fingerprint density at radius 2 is 1.65 bits per heavy atom. The minimum Gasteiger partial charge on any atom is -0.454 e. The number of nitrogens with one attached hydrogen (secondary N) is 1. The molecule has 12 heteroatoms. The number of hydrogen-bond acceptors (Lipinski definition) is 7. The molecule has 0 saturated carbocycles. The number of carbonyl (C=O) groups excluding carboxylic acids is 1. The van der Waals surface area contributed by atoms with Crippen LogP contribution in [0.5, 0.6) is 11.5 Å². The maximum Gasteiger partial charge on any atom is 0.242 e. The molecule has 1 N–H and O–H groups in total. The van der Waals surface area contributed by atoms with Crippen molar-refractivity contribution in [3.8, 4) is 11.5 Å². The topological polar surface area (TPSA) is 122 Å². The Kier molecular flexibility index (Phi) is 6.43. The molecule has 3 rings (SSSR count). The lowest BCUT2D eigenvalue weighted by Crippen LogP contribution is -2.40. The number of sulfonamides is 2. The van der Waals surface area contributed by atoms with Gasteiger partial charge in [0.1, 0.15) is 6.54 Å². The second-order valence-electron chi connectivity index (χ2n) is 7.02. The van der Waals surface area contributed by atoms with Crippen LogP contribution < -0.4 is 19.1 Å². The molecule has 1 heterocycles. The SMILES string of the molecule is CN(C)S(=O)(=O)c1ccc(N(CC(=O)NCc2ccc3c(c2)OCO3)S(C)(=O)=O)cc1. The van der Waals surface area contributed by atoms with E-state index >= 15 is 0 Å². The number of rotatable bonds is 8. The summed E-state index contributed by atoms with van der Waals surface area (Å²) in [7, 11) is -4.65. The Labute approximate surface area is 181 Å². The molecule has 1 aliphatic heterocycles. The summed E-state index contributed by atoms with van der Waals surface area (Å²) in [5.41, 5.74) is 0.945. The molecule has 168 valence electrons. The molecule has 0 radical (unpaired) electrons. The first-order valence-electron chi connectivity index (χ1n) is 9.14. The highest BCUT2D eigenvalue weighted by molar-refractivity contribution is 7.92. The van der Waals surface area contributed by atoms with E-state index in [0.29, 0.717) is 11.5 Å². The Balaban J connectivity index is 1.71. The maximum absolute atomic E-state index is 12.4. The molecular formula is C19H23N3O7S2. The molecule has 0 spiro atoms. The van der Waals surface area contributed by atoms with E-state index in [0.717, 1.165) is 20.4 Å². The summed E-state index contributed by atoms with van der Waals surface area (Å²) in [6.45, 7) is -0.140. The molecule has 10 nitrogen and oxygen atoms in total. The number of hydrogen-bond donors (Lipinski definition) is 1. The van der Waals surface area contributed by atoms with Gasteiger partial charge in [-0.25, -0.2) is 21.1 Å². The standard InChI is InChI=1S/C19H23N3O7S2/c1-21(2)31(26,27)16-7-5-15(6-8-16)22(30(3,24)25)12-19(23)20-11-14-4-9-17-18(10-14)29-13-28-17/h4-10H,11-13H2,1-3H3,(H,20,23). The second-order valence-corrected chi connectivity index (χ2v) is 11.1. The third kappa shape index (κ3) is 5.27. The average molecular weight is 470 g/mol. The summed E-state index contributed by atoms with van der Waals surface area (Å²) in [5.74, 6) is 0.684. The van der Waals surface area contributed by atoms with E-state index in [2.05, 4.69) is 5.32 Å². The first-order chi connectivity index (χ1) is 14.5. The fourth-order valence-corrected chi connectivity index (χ4v) is 4.59. The Hall–Kier alpha value is -2.83. The van der Waals surface area contributed by atoms with Crippen molar-refractivity contribution in [2.75, 3.05) is 38.0 Å². The Bertz CT molecular complexity index is 1180. The fraction of sp³-hybridized carbons (Fsp3) is 0.316. The normalized spacial score (nSPS) is 13.3. The minimum atomic E-state index is -3.79. The molecule has 0 saturated heterocycles. The van der Waals surface area contributed by atoms with Crippen LogP contribution in [0, 0.1) is 0 Å². The van der Waals surface area contributed by atoms with Crippen LogP contribution in [0.3, 0.4) is 0 Å². The highest BCUT2D eigenvalue weighted by Gasteiger charge is 2.23. The second kappa shape index (κ2) is 8.73. The van der Waals surface area contributed by atoms with Gasteiger partial charge in [-0.05, 0) is 42.0 Å². The molecule has 0 atom stereocenters. The van der Waals surface area contributed by atoms with Crippen molar-refractivity contribution in [3.05, 3.63) is 48.0 Å². The summed E-state index contributed by atoms with van der Waals surface area (Å²) < 4.78 is 61.4. The summed E-state index contributed by atoms with van der Waals surface area (Å²) in [6.07, 6.45) is 0.975. The summed E-state index contributed by atoms with van der Waals surface area (Å²) in [5, 5.41) is 2.67. The Morgan fingerprint density at radius 3 is 2.26 bits per heavy atom. The number of amides is 1. The van der Waals surface area contributed by atoms with Crippen molar-refractivity contribution in [1.82, 2.24) is 9.62 Å². The van der Waals surface area contributed by atoms with Crippen molar-refractivity contribution in [2.24, 2.45) is 0 Å².